The highest BCUT2D eigenvalue weighted by atomic mass is 79.9. The van der Waals surface area contributed by atoms with E-state index in [0.717, 1.165) is 0 Å². The number of halogens is 2. The minimum absolute atomic E-state index is 0.372. The number of carbonyl (C=O) groups excluding carboxylic acids is 1. The van der Waals surface area contributed by atoms with Gasteiger partial charge >= 0.3 is 0 Å². The molecule has 0 aliphatic rings. The van der Waals surface area contributed by atoms with Crippen molar-refractivity contribution in [2.24, 2.45) is 5.10 Å². The van der Waals surface area contributed by atoms with Crippen molar-refractivity contribution in [3.63, 3.8) is 0 Å². The van der Waals surface area contributed by atoms with Crippen LogP contribution in [0.5, 0.6) is 0 Å². The smallest absolute Gasteiger partial charge is 0.272 e. The molecule has 0 spiro atoms. The van der Waals surface area contributed by atoms with Crippen molar-refractivity contribution in [3.05, 3.63) is 57.4 Å². The van der Waals surface area contributed by atoms with E-state index in [1.807, 2.05) is 0 Å². The molecule has 1 heterocycles. The lowest BCUT2D eigenvalue weighted by molar-refractivity contribution is 0.0955. The number of carbonyl (C=O) groups is 1. The summed E-state index contributed by atoms with van der Waals surface area (Å²) in [7, 11) is 0. The summed E-state index contributed by atoms with van der Waals surface area (Å²) >= 11 is 9.05. The molecule has 0 aliphatic carbocycles. The van der Waals surface area contributed by atoms with Crippen molar-refractivity contribution < 1.29 is 9.21 Å². The van der Waals surface area contributed by atoms with Crippen LogP contribution in [0.1, 0.15) is 16.1 Å². The molecule has 1 amide bonds. The summed E-state index contributed by atoms with van der Waals surface area (Å²) in [6, 6.07) is 10.2. The monoisotopic (exact) mass is 326 g/mol. The Morgan fingerprint density at radius 3 is 2.78 bits per heavy atom. The quantitative estimate of drug-likeness (QED) is 0.693. The fourth-order valence-corrected chi connectivity index (χ4v) is 1.80. The first-order chi connectivity index (χ1) is 8.66. The summed E-state index contributed by atoms with van der Waals surface area (Å²) in [5, 5.41) is 4.16. The molecule has 1 N–H and O–H groups in total. The fraction of sp³-hybridized carbons (Fsp3) is 0. The van der Waals surface area contributed by atoms with Gasteiger partial charge in [0, 0.05) is 0 Å². The Hall–Kier alpha value is -1.59. The second-order valence-corrected chi connectivity index (χ2v) is 4.51. The Kier molecular flexibility index (Phi) is 4.17. The van der Waals surface area contributed by atoms with Crippen molar-refractivity contribution in [2.45, 2.75) is 0 Å². The number of nitrogens with one attached hydrogen (secondary N) is 1. The molecule has 2 aromatic rings. The summed E-state index contributed by atoms with van der Waals surface area (Å²) in [5.74, 6) is 0.156. The summed E-state index contributed by atoms with van der Waals surface area (Å²) in [4.78, 5) is 11.7. The van der Waals surface area contributed by atoms with Gasteiger partial charge in [-0.1, -0.05) is 23.7 Å². The van der Waals surface area contributed by atoms with Gasteiger partial charge in [0.2, 0.25) is 0 Å². The molecule has 0 unspecified atom stereocenters. The molecule has 2 rings (SSSR count). The van der Waals surface area contributed by atoms with Crippen molar-refractivity contribution in [1.82, 2.24) is 5.43 Å². The zero-order valence-electron chi connectivity index (χ0n) is 9.06. The average molecular weight is 328 g/mol. The van der Waals surface area contributed by atoms with Crippen LogP contribution in [-0.4, -0.2) is 12.1 Å². The molecule has 0 fully saturated rings. The molecule has 0 saturated heterocycles. The number of hydrogen-bond acceptors (Lipinski definition) is 3. The number of furan rings is 1. The Bertz CT molecular complexity index is 595. The maximum atomic E-state index is 11.7. The van der Waals surface area contributed by atoms with E-state index in [-0.39, 0.29) is 5.91 Å². The normalized spacial score (nSPS) is 10.8. The summed E-state index contributed by atoms with van der Waals surface area (Å²) in [6.07, 6.45) is 1.40. The first-order valence-electron chi connectivity index (χ1n) is 5.00. The van der Waals surface area contributed by atoms with Crippen molar-refractivity contribution >= 4 is 39.7 Å². The maximum Gasteiger partial charge on any atom is 0.272 e. The van der Waals surface area contributed by atoms with E-state index in [0.29, 0.717) is 21.0 Å². The van der Waals surface area contributed by atoms with Crippen LogP contribution in [0.15, 0.2) is 50.6 Å². The SMILES string of the molecule is O=C(N/N=C\c1ccc(Br)o1)c1ccccc1Cl. The fourth-order valence-electron chi connectivity index (χ4n) is 1.26. The van der Waals surface area contributed by atoms with Crippen LogP contribution in [0.3, 0.4) is 0 Å². The Morgan fingerprint density at radius 2 is 2.11 bits per heavy atom. The Balaban J connectivity index is 2.01. The van der Waals surface area contributed by atoms with Crippen LogP contribution in [0.25, 0.3) is 0 Å². The van der Waals surface area contributed by atoms with Gasteiger partial charge in [0.1, 0.15) is 5.76 Å². The van der Waals surface area contributed by atoms with Gasteiger partial charge in [-0.3, -0.25) is 4.79 Å². The van der Waals surface area contributed by atoms with E-state index in [9.17, 15) is 4.79 Å². The molecule has 0 aliphatic heterocycles. The van der Waals surface area contributed by atoms with E-state index >= 15 is 0 Å². The van der Waals surface area contributed by atoms with Gasteiger partial charge in [-0.25, -0.2) is 5.43 Å². The highest BCUT2D eigenvalue weighted by Crippen LogP contribution is 2.14. The van der Waals surface area contributed by atoms with Gasteiger partial charge in [0.15, 0.2) is 4.67 Å². The van der Waals surface area contributed by atoms with Crippen LogP contribution in [0.4, 0.5) is 0 Å². The second kappa shape index (κ2) is 5.84. The molecule has 4 nitrogen and oxygen atoms in total. The number of amides is 1. The zero-order valence-corrected chi connectivity index (χ0v) is 11.4. The molecule has 0 atom stereocenters. The van der Waals surface area contributed by atoms with Crippen molar-refractivity contribution in [1.29, 1.82) is 0 Å². The van der Waals surface area contributed by atoms with E-state index in [1.54, 1.807) is 36.4 Å². The zero-order chi connectivity index (χ0) is 13.0. The molecule has 0 radical (unpaired) electrons. The van der Waals surface area contributed by atoms with Gasteiger partial charge < -0.3 is 4.42 Å². The average Bonchev–Trinajstić information content (AvgIpc) is 2.75. The van der Waals surface area contributed by atoms with Gasteiger partial charge in [-0.2, -0.15) is 5.10 Å². The summed E-state index contributed by atoms with van der Waals surface area (Å²) in [5.41, 5.74) is 2.74. The Morgan fingerprint density at radius 1 is 1.33 bits per heavy atom. The van der Waals surface area contributed by atoms with Crippen LogP contribution in [-0.2, 0) is 0 Å². The molecule has 1 aromatic heterocycles. The number of nitrogens with zero attached hydrogens (tertiary/aromatic N) is 1. The van der Waals surface area contributed by atoms with Gasteiger partial charge in [-0.05, 0) is 40.2 Å². The minimum Gasteiger partial charge on any atom is -0.448 e. The van der Waals surface area contributed by atoms with E-state index in [1.165, 1.54) is 6.21 Å². The summed E-state index contributed by atoms with van der Waals surface area (Å²) < 4.78 is 5.78. The number of hydrazone groups is 1. The predicted molar refractivity (Wildman–Crippen MR) is 72.9 cm³/mol. The van der Waals surface area contributed by atoms with Crippen molar-refractivity contribution in [2.75, 3.05) is 0 Å². The van der Waals surface area contributed by atoms with E-state index in [4.69, 9.17) is 16.0 Å². The molecule has 92 valence electrons. The lowest BCUT2D eigenvalue weighted by Gasteiger charge is -2.00. The van der Waals surface area contributed by atoms with Crippen LogP contribution in [0.2, 0.25) is 5.02 Å². The van der Waals surface area contributed by atoms with Crippen LogP contribution in [0, 0.1) is 0 Å². The third kappa shape index (κ3) is 3.21. The largest absolute Gasteiger partial charge is 0.448 e. The van der Waals surface area contributed by atoms with Gasteiger partial charge in [0.25, 0.3) is 5.91 Å². The first-order valence-corrected chi connectivity index (χ1v) is 6.17. The lowest BCUT2D eigenvalue weighted by Crippen LogP contribution is -2.17. The predicted octanol–water partition coefficient (Wildman–Crippen LogP) is 3.46. The van der Waals surface area contributed by atoms with Gasteiger partial charge in [0.05, 0.1) is 16.8 Å². The summed E-state index contributed by atoms with van der Waals surface area (Å²) in [6.45, 7) is 0. The molecule has 1 aromatic carbocycles. The maximum absolute atomic E-state index is 11.7. The highest BCUT2D eigenvalue weighted by molar-refractivity contribution is 9.10. The topological polar surface area (TPSA) is 54.6 Å². The number of rotatable bonds is 3. The lowest BCUT2D eigenvalue weighted by atomic mass is 10.2. The minimum atomic E-state index is -0.373. The number of benzene rings is 1. The molecule has 6 heteroatoms. The standard InChI is InChI=1S/C12H8BrClN2O2/c13-11-6-5-8(18-11)7-15-16-12(17)9-3-1-2-4-10(9)14/h1-7H,(H,16,17)/b15-7-. The van der Waals surface area contributed by atoms with Crippen LogP contribution < -0.4 is 5.43 Å². The Labute approximate surface area is 117 Å². The van der Waals surface area contributed by atoms with Crippen molar-refractivity contribution in [3.8, 4) is 0 Å². The molecular weight excluding hydrogens is 320 g/mol. The molecule has 0 saturated carbocycles. The molecule has 0 bridgehead atoms. The van der Waals surface area contributed by atoms with E-state index < -0.39 is 0 Å². The first kappa shape index (κ1) is 12.9. The molecular formula is C12H8BrClN2O2. The van der Waals surface area contributed by atoms with E-state index in [2.05, 4.69) is 26.5 Å². The second-order valence-electron chi connectivity index (χ2n) is 3.32. The molecule has 18 heavy (non-hydrogen) atoms. The van der Waals surface area contributed by atoms with Gasteiger partial charge in [-0.15, -0.1) is 0 Å². The highest BCUT2D eigenvalue weighted by Gasteiger charge is 2.07. The third-order valence-electron chi connectivity index (χ3n) is 2.07. The number of hydrogen-bond donors (Lipinski definition) is 1. The third-order valence-corrected chi connectivity index (χ3v) is 2.83. The van der Waals surface area contributed by atoms with Crippen LogP contribution >= 0.6 is 27.5 Å².